The molecule has 1 saturated heterocycles. The summed E-state index contributed by atoms with van der Waals surface area (Å²) in [5.74, 6) is 0. The average Bonchev–Trinajstić information content (AvgIpc) is 2.30. The van der Waals surface area contributed by atoms with Crippen LogP contribution in [0, 0.1) is 6.07 Å². The van der Waals surface area contributed by atoms with Crippen molar-refractivity contribution >= 4 is 5.69 Å². The molecule has 0 spiro atoms. The number of benzene rings is 1. The van der Waals surface area contributed by atoms with Crippen LogP contribution in [0.15, 0.2) is 24.3 Å². The van der Waals surface area contributed by atoms with E-state index in [1.165, 1.54) is 18.8 Å². The lowest BCUT2D eigenvalue weighted by molar-refractivity contribution is 0.209. The van der Waals surface area contributed by atoms with E-state index in [9.17, 15) is 0 Å². The predicted octanol–water partition coefficient (Wildman–Crippen LogP) is 2.02. The van der Waals surface area contributed by atoms with Crippen LogP contribution in [0.3, 0.4) is 0 Å². The maximum absolute atomic E-state index is 3.29. The highest BCUT2D eigenvalue weighted by atomic mass is 15.3. The van der Waals surface area contributed by atoms with E-state index in [1.807, 2.05) is 12.1 Å². The predicted molar refractivity (Wildman–Crippen MR) is 64.2 cm³/mol. The van der Waals surface area contributed by atoms with Gasteiger partial charge in [-0.05, 0) is 19.9 Å². The highest BCUT2D eigenvalue weighted by molar-refractivity contribution is 5.45. The van der Waals surface area contributed by atoms with Crippen molar-refractivity contribution in [2.24, 2.45) is 0 Å². The van der Waals surface area contributed by atoms with Gasteiger partial charge < -0.3 is 4.90 Å². The second kappa shape index (κ2) is 4.67. The van der Waals surface area contributed by atoms with Crippen LogP contribution < -0.4 is 4.90 Å². The highest BCUT2D eigenvalue weighted by Gasteiger charge is 2.18. The van der Waals surface area contributed by atoms with Gasteiger partial charge in [0.1, 0.15) is 0 Å². The molecule has 0 aromatic heterocycles. The Hall–Kier alpha value is -1.02. The van der Waals surface area contributed by atoms with Gasteiger partial charge in [-0.3, -0.25) is 4.90 Å². The summed E-state index contributed by atoms with van der Waals surface area (Å²) in [5, 5.41) is 0. The smallest absolute Gasteiger partial charge is 0.0447 e. The quantitative estimate of drug-likeness (QED) is 0.725. The standard InChI is InChI=1S/C13H19N2/c1-12(2)14-8-10-15(11-9-14)13-6-4-3-5-7-13/h3-6,12H,8-11H2,1-2H3. The van der Waals surface area contributed by atoms with Crippen molar-refractivity contribution in [3.05, 3.63) is 30.3 Å². The van der Waals surface area contributed by atoms with Gasteiger partial charge >= 0.3 is 0 Å². The highest BCUT2D eigenvalue weighted by Crippen LogP contribution is 2.15. The first-order chi connectivity index (χ1) is 7.27. The Morgan fingerprint density at radius 2 is 1.87 bits per heavy atom. The molecular weight excluding hydrogens is 184 g/mol. The number of hydrogen-bond acceptors (Lipinski definition) is 2. The van der Waals surface area contributed by atoms with E-state index < -0.39 is 0 Å². The summed E-state index contributed by atoms with van der Waals surface area (Å²) >= 11 is 0. The number of rotatable bonds is 2. The molecule has 15 heavy (non-hydrogen) atoms. The lowest BCUT2D eigenvalue weighted by Gasteiger charge is -2.38. The van der Waals surface area contributed by atoms with E-state index in [-0.39, 0.29) is 0 Å². The van der Waals surface area contributed by atoms with Gasteiger partial charge in [0.05, 0.1) is 0 Å². The van der Waals surface area contributed by atoms with Crippen molar-refractivity contribution in [3.8, 4) is 0 Å². The molecule has 81 valence electrons. The third-order valence-electron chi connectivity index (χ3n) is 3.08. The summed E-state index contributed by atoms with van der Waals surface area (Å²) in [6.07, 6.45) is 0. The minimum atomic E-state index is 0.673. The summed E-state index contributed by atoms with van der Waals surface area (Å²) in [5.41, 5.74) is 1.24. The van der Waals surface area contributed by atoms with Crippen LogP contribution in [-0.2, 0) is 0 Å². The van der Waals surface area contributed by atoms with Gasteiger partial charge in [0.25, 0.3) is 0 Å². The van der Waals surface area contributed by atoms with Crippen LogP contribution in [0.2, 0.25) is 0 Å². The first kappa shape index (κ1) is 10.5. The number of anilines is 1. The first-order valence-electron chi connectivity index (χ1n) is 5.73. The molecule has 2 rings (SSSR count). The van der Waals surface area contributed by atoms with Gasteiger partial charge in [0, 0.05) is 44.0 Å². The van der Waals surface area contributed by atoms with Crippen LogP contribution in [0.5, 0.6) is 0 Å². The fourth-order valence-corrected chi connectivity index (χ4v) is 2.06. The van der Waals surface area contributed by atoms with Crippen LogP contribution in [0.25, 0.3) is 0 Å². The van der Waals surface area contributed by atoms with Crippen molar-refractivity contribution in [2.75, 3.05) is 31.1 Å². The molecule has 1 fully saturated rings. The second-order valence-electron chi connectivity index (χ2n) is 4.36. The fraction of sp³-hybridized carbons (Fsp3) is 0.538. The molecule has 2 nitrogen and oxygen atoms in total. The molecule has 0 saturated carbocycles. The Bertz CT molecular complexity index is 287. The topological polar surface area (TPSA) is 6.48 Å². The Kier molecular flexibility index (Phi) is 3.27. The molecule has 0 atom stereocenters. The van der Waals surface area contributed by atoms with Crippen molar-refractivity contribution < 1.29 is 0 Å². The molecule has 1 aromatic carbocycles. The molecule has 0 aliphatic carbocycles. The van der Waals surface area contributed by atoms with Crippen LogP contribution in [-0.4, -0.2) is 37.1 Å². The van der Waals surface area contributed by atoms with E-state index in [2.05, 4.69) is 41.8 Å². The number of piperazine rings is 1. The Labute approximate surface area is 92.5 Å². The van der Waals surface area contributed by atoms with Crippen LogP contribution in [0.4, 0.5) is 5.69 Å². The number of nitrogens with zero attached hydrogens (tertiary/aromatic N) is 2. The van der Waals surface area contributed by atoms with Crippen molar-refractivity contribution in [1.29, 1.82) is 0 Å². The third-order valence-corrected chi connectivity index (χ3v) is 3.08. The maximum atomic E-state index is 3.29. The lowest BCUT2D eigenvalue weighted by Crippen LogP contribution is -2.48. The first-order valence-corrected chi connectivity index (χ1v) is 5.73. The minimum absolute atomic E-state index is 0.673. The van der Waals surface area contributed by atoms with Crippen molar-refractivity contribution in [3.63, 3.8) is 0 Å². The van der Waals surface area contributed by atoms with Crippen LogP contribution in [0.1, 0.15) is 13.8 Å². The molecule has 1 heterocycles. The Balaban J connectivity index is 1.94. The summed E-state index contributed by atoms with van der Waals surface area (Å²) in [6.45, 7) is 9.12. The summed E-state index contributed by atoms with van der Waals surface area (Å²) in [4.78, 5) is 4.94. The van der Waals surface area contributed by atoms with Gasteiger partial charge in [-0.15, -0.1) is 0 Å². The molecule has 1 aromatic rings. The molecule has 1 aliphatic heterocycles. The Morgan fingerprint density at radius 3 is 2.40 bits per heavy atom. The van der Waals surface area contributed by atoms with E-state index in [1.54, 1.807) is 0 Å². The van der Waals surface area contributed by atoms with Crippen molar-refractivity contribution in [2.45, 2.75) is 19.9 Å². The van der Waals surface area contributed by atoms with E-state index in [4.69, 9.17) is 0 Å². The van der Waals surface area contributed by atoms with Gasteiger partial charge in [0.2, 0.25) is 0 Å². The van der Waals surface area contributed by atoms with Crippen LogP contribution >= 0.6 is 0 Å². The SMILES string of the molecule is CC(C)N1CCN(c2[c]cccc2)CC1. The third kappa shape index (κ3) is 2.51. The minimum Gasteiger partial charge on any atom is -0.368 e. The summed E-state index contributed by atoms with van der Waals surface area (Å²) in [6, 6.07) is 12.2. The Morgan fingerprint density at radius 1 is 1.13 bits per heavy atom. The zero-order chi connectivity index (χ0) is 10.7. The zero-order valence-corrected chi connectivity index (χ0v) is 9.61. The zero-order valence-electron chi connectivity index (χ0n) is 9.61. The molecule has 1 aliphatic rings. The maximum Gasteiger partial charge on any atom is 0.0447 e. The van der Waals surface area contributed by atoms with Gasteiger partial charge in [-0.1, -0.05) is 18.2 Å². The van der Waals surface area contributed by atoms with E-state index in [0.717, 1.165) is 13.1 Å². The van der Waals surface area contributed by atoms with Gasteiger partial charge in [0.15, 0.2) is 0 Å². The number of para-hydroxylation sites is 1. The summed E-state index contributed by atoms with van der Waals surface area (Å²) in [7, 11) is 0. The molecular formula is C13H19N2. The fourth-order valence-electron chi connectivity index (χ4n) is 2.06. The van der Waals surface area contributed by atoms with Gasteiger partial charge in [-0.25, -0.2) is 0 Å². The lowest BCUT2D eigenvalue weighted by atomic mass is 10.2. The average molecular weight is 203 g/mol. The molecule has 0 bridgehead atoms. The summed E-state index contributed by atoms with van der Waals surface area (Å²) < 4.78 is 0. The van der Waals surface area contributed by atoms with Crippen molar-refractivity contribution in [1.82, 2.24) is 4.90 Å². The molecule has 2 heteroatoms. The normalized spacial score (nSPS) is 18.5. The molecule has 0 amide bonds. The van der Waals surface area contributed by atoms with E-state index >= 15 is 0 Å². The van der Waals surface area contributed by atoms with E-state index in [0.29, 0.717) is 6.04 Å². The van der Waals surface area contributed by atoms with Gasteiger partial charge in [-0.2, -0.15) is 0 Å². The largest absolute Gasteiger partial charge is 0.368 e. The molecule has 1 radical (unpaired) electrons. The monoisotopic (exact) mass is 203 g/mol. The second-order valence-corrected chi connectivity index (χ2v) is 4.36. The molecule has 0 unspecified atom stereocenters. The molecule has 0 N–H and O–H groups in total. The number of hydrogen-bond donors (Lipinski definition) is 0.